The second kappa shape index (κ2) is 11.7. The molecule has 0 N–H and O–H groups in total. The number of halogens is 3. The van der Waals surface area contributed by atoms with Gasteiger partial charge in [-0.1, -0.05) is 61.0 Å². The zero-order valence-corrected chi connectivity index (χ0v) is 22.1. The molecule has 2 fully saturated rings. The molecule has 1 aliphatic carbocycles. The summed E-state index contributed by atoms with van der Waals surface area (Å²) in [4.78, 5) is 27.8. The van der Waals surface area contributed by atoms with Crippen LogP contribution in [0.4, 0.5) is 13.2 Å². The maximum atomic E-state index is 13.7. The summed E-state index contributed by atoms with van der Waals surface area (Å²) in [6.07, 6.45) is -0.547. The maximum absolute atomic E-state index is 13.7. The van der Waals surface area contributed by atoms with E-state index in [9.17, 15) is 22.8 Å². The van der Waals surface area contributed by atoms with Crippen LogP contribution in [0.2, 0.25) is 0 Å². The minimum absolute atomic E-state index is 0.0409. The Morgan fingerprint density at radius 2 is 1.79 bits per heavy atom. The molecule has 8 heteroatoms. The Kier molecular flexibility index (Phi) is 8.61. The van der Waals surface area contributed by atoms with Gasteiger partial charge in [-0.15, -0.1) is 0 Å². The molecule has 0 radical (unpaired) electrons. The van der Waals surface area contributed by atoms with Crippen LogP contribution in [0.3, 0.4) is 0 Å². The number of ether oxygens (including phenoxy) is 1. The summed E-state index contributed by atoms with van der Waals surface area (Å²) in [7, 11) is 1.35. The van der Waals surface area contributed by atoms with E-state index in [0.717, 1.165) is 33.6 Å². The quantitative estimate of drug-likeness (QED) is 0.393. The van der Waals surface area contributed by atoms with Crippen molar-refractivity contribution in [2.75, 3.05) is 20.2 Å². The van der Waals surface area contributed by atoms with Crippen molar-refractivity contribution in [1.29, 1.82) is 0 Å². The Morgan fingerprint density at radius 3 is 2.37 bits per heavy atom. The third-order valence-corrected chi connectivity index (χ3v) is 7.68. The molecule has 0 aromatic heterocycles. The zero-order chi connectivity index (χ0) is 27.4. The van der Waals surface area contributed by atoms with Crippen molar-refractivity contribution >= 4 is 18.0 Å². The molecule has 2 aliphatic rings. The molecule has 0 bridgehead atoms. The van der Waals surface area contributed by atoms with Gasteiger partial charge in [-0.2, -0.15) is 13.2 Å². The molecular weight excluding hydrogens is 493 g/mol. The van der Waals surface area contributed by atoms with Crippen LogP contribution in [-0.2, 0) is 16.1 Å². The molecule has 5 nitrogen and oxygen atoms in total. The minimum atomic E-state index is -4.89. The van der Waals surface area contributed by atoms with E-state index in [1.807, 2.05) is 56.3 Å². The number of esters is 1. The van der Waals surface area contributed by atoms with Crippen LogP contribution in [0.5, 0.6) is 0 Å². The Bertz CT molecular complexity index is 1170. The molecule has 38 heavy (non-hydrogen) atoms. The van der Waals surface area contributed by atoms with Crippen molar-refractivity contribution in [3.63, 3.8) is 0 Å². The van der Waals surface area contributed by atoms with E-state index in [-0.39, 0.29) is 11.9 Å². The highest BCUT2D eigenvalue weighted by Crippen LogP contribution is 2.46. The average molecular weight is 529 g/mol. The molecule has 2 aromatic carbocycles. The SMILES string of the molecule is CC/C(=C\c1ccccc1)[C@@H]1C[C@H]1N(C(=O)C(F)(F)F)C1CCN(Cc2ccc(C(=O)OC)c(C)c2)CC1. The summed E-state index contributed by atoms with van der Waals surface area (Å²) >= 11 is 0. The number of alkyl halides is 3. The number of hydrogen-bond donors (Lipinski definition) is 0. The Labute approximate surface area is 222 Å². The molecule has 4 rings (SSSR count). The molecule has 1 amide bonds. The van der Waals surface area contributed by atoms with Gasteiger partial charge in [-0.05, 0) is 55.4 Å². The van der Waals surface area contributed by atoms with Gasteiger partial charge in [0, 0.05) is 37.6 Å². The van der Waals surface area contributed by atoms with Crippen LogP contribution in [0.15, 0.2) is 54.1 Å². The van der Waals surface area contributed by atoms with E-state index in [1.165, 1.54) is 7.11 Å². The number of rotatable bonds is 8. The van der Waals surface area contributed by atoms with Crippen LogP contribution in [0.25, 0.3) is 6.08 Å². The Balaban J connectivity index is 1.43. The number of methoxy groups -OCH3 is 1. The normalized spacial score (nSPS) is 20.7. The summed E-state index contributed by atoms with van der Waals surface area (Å²) in [5.41, 5.74) is 4.47. The highest BCUT2D eigenvalue weighted by molar-refractivity contribution is 5.91. The number of nitrogens with zero attached hydrogens (tertiary/aromatic N) is 2. The summed E-state index contributed by atoms with van der Waals surface area (Å²) in [5.74, 6) is -2.14. The van der Waals surface area contributed by atoms with Gasteiger partial charge in [0.05, 0.1) is 12.7 Å². The van der Waals surface area contributed by atoms with Crippen molar-refractivity contribution in [3.05, 3.63) is 76.4 Å². The first-order valence-corrected chi connectivity index (χ1v) is 13.2. The smallest absolute Gasteiger partial charge is 0.465 e. The highest BCUT2D eigenvalue weighted by Gasteiger charge is 2.54. The first kappa shape index (κ1) is 27.9. The first-order valence-electron chi connectivity index (χ1n) is 13.2. The molecule has 2 atom stereocenters. The summed E-state index contributed by atoms with van der Waals surface area (Å²) in [6.45, 7) is 5.70. The molecule has 0 spiro atoms. The van der Waals surface area contributed by atoms with Gasteiger partial charge in [0.25, 0.3) is 0 Å². The molecule has 0 unspecified atom stereocenters. The van der Waals surface area contributed by atoms with Crippen LogP contribution in [0, 0.1) is 12.8 Å². The van der Waals surface area contributed by atoms with Crippen molar-refractivity contribution in [2.45, 2.75) is 64.3 Å². The molecule has 204 valence electrons. The van der Waals surface area contributed by atoms with Gasteiger partial charge in [-0.25, -0.2) is 4.79 Å². The van der Waals surface area contributed by atoms with Crippen LogP contribution in [-0.4, -0.2) is 60.1 Å². The zero-order valence-electron chi connectivity index (χ0n) is 22.1. The van der Waals surface area contributed by atoms with Gasteiger partial charge in [0.15, 0.2) is 0 Å². The fourth-order valence-electron chi connectivity index (χ4n) is 5.63. The van der Waals surface area contributed by atoms with E-state index in [1.54, 1.807) is 6.07 Å². The molecule has 1 saturated carbocycles. The first-order chi connectivity index (χ1) is 18.1. The van der Waals surface area contributed by atoms with E-state index in [2.05, 4.69) is 11.0 Å². The molecule has 1 aliphatic heterocycles. The van der Waals surface area contributed by atoms with Gasteiger partial charge >= 0.3 is 18.1 Å². The second-order valence-corrected chi connectivity index (χ2v) is 10.3. The third-order valence-electron chi connectivity index (χ3n) is 7.68. The van der Waals surface area contributed by atoms with Gasteiger partial charge < -0.3 is 9.64 Å². The lowest BCUT2D eigenvalue weighted by Crippen LogP contribution is -2.52. The molecule has 1 heterocycles. The summed E-state index contributed by atoms with van der Waals surface area (Å²) < 4.78 is 45.8. The number of carbonyl (C=O) groups excluding carboxylic acids is 2. The van der Waals surface area contributed by atoms with E-state index in [4.69, 9.17) is 4.74 Å². The van der Waals surface area contributed by atoms with Gasteiger partial charge in [0.1, 0.15) is 0 Å². The van der Waals surface area contributed by atoms with E-state index >= 15 is 0 Å². The number of amides is 1. The fourth-order valence-corrected chi connectivity index (χ4v) is 5.63. The fraction of sp³-hybridized carbons (Fsp3) is 0.467. The van der Waals surface area contributed by atoms with E-state index < -0.39 is 24.2 Å². The largest absolute Gasteiger partial charge is 0.471 e. The van der Waals surface area contributed by atoms with Crippen LogP contribution >= 0.6 is 0 Å². The van der Waals surface area contributed by atoms with Crippen molar-refractivity contribution in [3.8, 4) is 0 Å². The standard InChI is InChI=1S/C30H35F3N2O3/c1-4-23(17-21-8-6-5-7-9-21)26-18-27(26)35(29(37)30(31,32)33)24-12-14-34(15-13-24)19-22-10-11-25(20(2)16-22)28(36)38-3/h5-11,16-17,24,26-27H,4,12-15,18-19H2,1-3H3/b23-17+/t26-,27+/m0/s1. The molecular formula is C30H35F3N2O3. The maximum Gasteiger partial charge on any atom is 0.471 e. The minimum Gasteiger partial charge on any atom is -0.465 e. The Hall–Kier alpha value is -3.13. The average Bonchev–Trinajstić information content (AvgIpc) is 3.68. The predicted molar refractivity (Wildman–Crippen MR) is 140 cm³/mol. The number of hydrogen-bond acceptors (Lipinski definition) is 4. The summed E-state index contributed by atoms with van der Waals surface area (Å²) in [6, 6.07) is 14.5. The number of aryl methyl sites for hydroxylation is 1. The monoisotopic (exact) mass is 528 g/mol. The lowest BCUT2D eigenvalue weighted by Gasteiger charge is -2.39. The van der Waals surface area contributed by atoms with Crippen molar-refractivity contribution in [1.82, 2.24) is 9.80 Å². The predicted octanol–water partition coefficient (Wildman–Crippen LogP) is 6.02. The number of likely N-dealkylation sites (tertiary alicyclic amines) is 1. The van der Waals surface area contributed by atoms with Crippen LogP contribution < -0.4 is 0 Å². The third kappa shape index (κ3) is 6.46. The molecule has 2 aromatic rings. The number of piperidine rings is 1. The van der Waals surface area contributed by atoms with Crippen molar-refractivity contribution < 1.29 is 27.5 Å². The molecule has 1 saturated heterocycles. The Morgan fingerprint density at radius 1 is 1.11 bits per heavy atom. The lowest BCUT2D eigenvalue weighted by atomic mass is 9.99. The number of carbonyl (C=O) groups is 2. The highest BCUT2D eigenvalue weighted by atomic mass is 19.4. The number of benzene rings is 2. The van der Waals surface area contributed by atoms with Gasteiger partial charge in [-0.3, -0.25) is 9.69 Å². The van der Waals surface area contributed by atoms with Crippen molar-refractivity contribution in [2.24, 2.45) is 5.92 Å². The topological polar surface area (TPSA) is 49.9 Å². The summed E-state index contributed by atoms with van der Waals surface area (Å²) in [5, 5.41) is 0. The van der Waals surface area contributed by atoms with Gasteiger partial charge in [0.2, 0.25) is 0 Å². The van der Waals surface area contributed by atoms with Crippen LogP contribution in [0.1, 0.15) is 59.7 Å². The second-order valence-electron chi connectivity index (χ2n) is 10.3. The van der Waals surface area contributed by atoms with E-state index in [0.29, 0.717) is 44.5 Å². The lowest BCUT2D eigenvalue weighted by molar-refractivity contribution is -0.189.